The van der Waals surface area contributed by atoms with Crippen molar-refractivity contribution in [2.24, 2.45) is 0 Å². The van der Waals surface area contributed by atoms with E-state index in [1.165, 1.54) is 0 Å². The van der Waals surface area contributed by atoms with Crippen LogP contribution in [-0.2, 0) is 4.57 Å². The van der Waals surface area contributed by atoms with Crippen molar-refractivity contribution in [3.63, 3.8) is 0 Å². The van der Waals surface area contributed by atoms with Gasteiger partial charge in [-0.25, -0.2) is 0 Å². The van der Waals surface area contributed by atoms with Crippen LogP contribution in [-0.4, -0.2) is 19.4 Å². The fourth-order valence-electron chi connectivity index (χ4n) is 1.27. The largest absolute Gasteiger partial charge is 0.490 e. The number of hydrogen-bond donors (Lipinski definition) is 0. The summed E-state index contributed by atoms with van der Waals surface area (Å²) in [5.41, 5.74) is 0. The van der Waals surface area contributed by atoms with E-state index < -0.39 is 7.14 Å². The first-order chi connectivity index (χ1) is 6.55. The summed E-state index contributed by atoms with van der Waals surface area (Å²) in [7, 11) is -2.15. The third kappa shape index (κ3) is 2.39. The summed E-state index contributed by atoms with van der Waals surface area (Å²) < 4.78 is 17.5. The van der Waals surface area contributed by atoms with Gasteiger partial charge in [0.15, 0.2) is 0 Å². The maximum atomic E-state index is 11.8. The highest BCUT2D eigenvalue weighted by Crippen LogP contribution is 2.36. The Labute approximate surface area is 84.7 Å². The SMILES string of the molecule is CP(C)(=O)c1cccc(OC2CC2)c1. The monoisotopic (exact) mass is 210 g/mol. The zero-order valence-electron chi connectivity index (χ0n) is 8.56. The summed E-state index contributed by atoms with van der Waals surface area (Å²) in [5.74, 6) is 0.855. The van der Waals surface area contributed by atoms with Crippen molar-refractivity contribution in [2.45, 2.75) is 18.9 Å². The summed E-state index contributed by atoms with van der Waals surface area (Å²) >= 11 is 0. The van der Waals surface area contributed by atoms with Crippen molar-refractivity contribution in [2.75, 3.05) is 13.3 Å². The molecule has 0 amide bonds. The van der Waals surface area contributed by atoms with Gasteiger partial charge in [0, 0.05) is 5.30 Å². The average molecular weight is 210 g/mol. The Morgan fingerprint density at radius 1 is 1.36 bits per heavy atom. The first-order valence-corrected chi connectivity index (χ1v) is 7.48. The van der Waals surface area contributed by atoms with Crippen molar-refractivity contribution in [1.29, 1.82) is 0 Å². The lowest BCUT2D eigenvalue weighted by Crippen LogP contribution is -2.04. The predicted molar refractivity (Wildman–Crippen MR) is 59.2 cm³/mol. The van der Waals surface area contributed by atoms with E-state index in [4.69, 9.17) is 4.74 Å². The molecule has 0 N–H and O–H groups in total. The first kappa shape index (κ1) is 9.79. The van der Waals surface area contributed by atoms with Crippen molar-refractivity contribution >= 4 is 12.4 Å². The van der Waals surface area contributed by atoms with Crippen LogP contribution in [0.4, 0.5) is 0 Å². The van der Waals surface area contributed by atoms with Crippen LogP contribution in [0.2, 0.25) is 0 Å². The van der Waals surface area contributed by atoms with Gasteiger partial charge in [0.2, 0.25) is 0 Å². The topological polar surface area (TPSA) is 26.3 Å². The van der Waals surface area contributed by atoms with Crippen LogP contribution in [0.15, 0.2) is 24.3 Å². The van der Waals surface area contributed by atoms with Gasteiger partial charge in [-0.1, -0.05) is 12.1 Å². The molecule has 0 atom stereocenters. The number of ether oxygens (including phenoxy) is 1. The second kappa shape index (κ2) is 3.43. The predicted octanol–water partition coefficient (Wildman–Crippen LogP) is 2.48. The van der Waals surface area contributed by atoms with E-state index in [0.717, 1.165) is 23.9 Å². The van der Waals surface area contributed by atoms with Crippen molar-refractivity contribution in [1.82, 2.24) is 0 Å². The van der Waals surface area contributed by atoms with Crippen molar-refractivity contribution < 1.29 is 9.30 Å². The molecule has 0 spiro atoms. The molecule has 14 heavy (non-hydrogen) atoms. The third-order valence-electron chi connectivity index (χ3n) is 2.27. The van der Waals surface area contributed by atoms with Crippen LogP contribution in [0.25, 0.3) is 0 Å². The lowest BCUT2D eigenvalue weighted by molar-refractivity contribution is 0.303. The summed E-state index contributed by atoms with van der Waals surface area (Å²) in [4.78, 5) is 0. The van der Waals surface area contributed by atoms with Gasteiger partial charge in [-0.05, 0) is 38.3 Å². The Balaban J connectivity index is 2.21. The smallest absolute Gasteiger partial charge is 0.120 e. The summed E-state index contributed by atoms with van der Waals surface area (Å²) in [5, 5.41) is 0.899. The van der Waals surface area contributed by atoms with Crippen LogP contribution in [0, 0.1) is 0 Å². The van der Waals surface area contributed by atoms with Gasteiger partial charge in [0.1, 0.15) is 12.9 Å². The fraction of sp³-hybridized carbons (Fsp3) is 0.455. The van der Waals surface area contributed by atoms with Gasteiger partial charge >= 0.3 is 0 Å². The highest BCUT2D eigenvalue weighted by molar-refractivity contribution is 7.70. The molecule has 1 aromatic rings. The zero-order chi connectivity index (χ0) is 10.2. The molecule has 1 saturated carbocycles. The lowest BCUT2D eigenvalue weighted by Gasteiger charge is -2.09. The molecule has 2 nitrogen and oxygen atoms in total. The minimum atomic E-state index is -2.15. The summed E-state index contributed by atoms with van der Waals surface area (Å²) in [6.07, 6.45) is 2.71. The average Bonchev–Trinajstić information content (AvgIpc) is 2.87. The molecular weight excluding hydrogens is 195 g/mol. The molecule has 3 heteroatoms. The quantitative estimate of drug-likeness (QED) is 0.716. The Morgan fingerprint density at radius 3 is 2.64 bits per heavy atom. The van der Waals surface area contributed by atoms with Gasteiger partial charge in [-0.15, -0.1) is 0 Å². The molecule has 0 saturated heterocycles. The molecule has 0 aromatic heterocycles. The van der Waals surface area contributed by atoms with Crippen LogP contribution >= 0.6 is 7.14 Å². The standard InChI is InChI=1S/C11H15O2P/c1-14(2,12)11-5-3-4-10(8-11)13-9-6-7-9/h3-5,8-9H,6-7H2,1-2H3. The number of hydrogen-bond acceptors (Lipinski definition) is 2. The zero-order valence-corrected chi connectivity index (χ0v) is 9.46. The molecule has 0 aliphatic heterocycles. The van der Waals surface area contributed by atoms with E-state index in [1.54, 1.807) is 13.3 Å². The van der Waals surface area contributed by atoms with Gasteiger partial charge < -0.3 is 9.30 Å². The molecule has 76 valence electrons. The van der Waals surface area contributed by atoms with Gasteiger partial charge in [-0.2, -0.15) is 0 Å². The Morgan fingerprint density at radius 2 is 2.07 bits per heavy atom. The van der Waals surface area contributed by atoms with Crippen molar-refractivity contribution in [3.8, 4) is 5.75 Å². The molecule has 0 radical (unpaired) electrons. The maximum Gasteiger partial charge on any atom is 0.120 e. The minimum Gasteiger partial charge on any atom is -0.490 e. The molecule has 1 fully saturated rings. The molecule has 0 heterocycles. The van der Waals surface area contributed by atoms with E-state index in [1.807, 2.05) is 24.3 Å². The van der Waals surface area contributed by atoms with Crippen LogP contribution in [0.3, 0.4) is 0 Å². The van der Waals surface area contributed by atoms with Gasteiger partial charge in [0.25, 0.3) is 0 Å². The second-order valence-corrected chi connectivity index (χ2v) is 7.38. The molecule has 2 rings (SSSR count). The van der Waals surface area contributed by atoms with E-state index in [-0.39, 0.29) is 0 Å². The van der Waals surface area contributed by atoms with Crippen LogP contribution in [0.5, 0.6) is 5.75 Å². The maximum absolute atomic E-state index is 11.8. The van der Waals surface area contributed by atoms with Crippen LogP contribution in [0.1, 0.15) is 12.8 Å². The Hall–Kier alpha value is -0.750. The fourth-order valence-corrected chi connectivity index (χ4v) is 2.15. The van der Waals surface area contributed by atoms with E-state index >= 15 is 0 Å². The second-order valence-electron chi connectivity index (χ2n) is 4.17. The molecular formula is C11H15O2P. The lowest BCUT2D eigenvalue weighted by atomic mass is 10.3. The normalized spacial score (nSPS) is 16.7. The first-order valence-electron chi connectivity index (χ1n) is 4.88. The van der Waals surface area contributed by atoms with Gasteiger partial charge in [0.05, 0.1) is 6.10 Å². The highest BCUT2D eigenvalue weighted by atomic mass is 31.2. The highest BCUT2D eigenvalue weighted by Gasteiger charge is 2.23. The number of rotatable bonds is 3. The summed E-state index contributed by atoms with van der Waals surface area (Å²) in [6.45, 7) is 3.56. The Kier molecular flexibility index (Phi) is 2.40. The minimum absolute atomic E-state index is 0.401. The van der Waals surface area contributed by atoms with E-state index in [9.17, 15) is 4.57 Å². The molecule has 0 unspecified atom stereocenters. The van der Waals surface area contributed by atoms with Gasteiger partial charge in [-0.3, -0.25) is 0 Å². The Bertz CT molecular complexity index is 377. The van der Waals surface area contributed by atoms with Crippen molar-refractivity contribution in [3.05, 3.63) is 24.3 Å². The molecule has 0 bridgehead atoms. The number of benzene rings is 1. The van der Waals surface area contributed by atoms with E-state index in [0.29, 0.717) is 6.10 Å². The summed E-state index contributed by atoms with van der Waals surface area (Å²) in [6, 6.07) is 7.64. The molecule has 1 aromatic carbocycles. The van der Waals surface area contributed by atoms with Crippen LogP contribution < -0.4 is 10.0 Å². The third-order valence-corrected chi connectivity index (χ3v) is 3.79. The molecule has 1 aliphatic carbocycles. The van der Waals surface area contributed by atoms with E-state index in [2.05, 4.69) is 0 Å². The molecule has 1 aliphatic rings.